The lowest BCUT2D eigenvalue weighted by molar-refractivity contribution is 0.0801. The molecule has 0 atom stereocenters. The Kier molecular flexibility index (Phi) is 7.58. The summed E-state index contributed by atoms with van der Waals surface area (Å²) in [4.78, 5) is 9.57. The van der Waals surface area contributed by atoms with Crippen molar-refractivity contribution in [1.82, 2.24) is 24.6 Å². The molecule has 3 aromatic rings. The van der Waals surface area contributed by atoms with Crippen molar-refractivity contribution in [3.63, 3.8) is 0 Å². The van der Waals surface area contributed by atoms with Crippen LogP contribution < -0.4 is 9.64 Å². The van der Waals surface area contributed by atoms with Gasteiger partial charge in [0.1, 0.15) is 11.4 Å². The van der Waals surface area contributed by atoms with Crippen LogP contribution in [-0.2, 0) is 7.05 Å². The van der Waals surface area contributed by atoms with E-state index < -0.39 is 0 Å². The summed E-state index contributed by atoms with van der Waals surface area (Å²) < 4.78 is 7.64. The predicted octanol–water partition coefficient (Wildman–Crippen LogP) is 4.75. The monoisotopic (exact) mass is 492 g/mol. The molecule has 0 N–H and O–H groups in total. The molecule has 2 aliphatic heterocycles. The third-order valence-electron chi connectivity index (χ3n) is 7.75. The van der Waals surface area contributed by atoms with Gasteiger partial charge in [-0.1, -0.05) is 30.0 Å². The van der Waals surface area contributed by atoms with Crippen molar-refractivity contribution in [2.45, 2.75) is 37.3 Å². The minimum Gasteiger partial charge on any atom is -0.495 e. The Hall–Kier alpha value is -2.58. The first-order valence-electron chi connectivity index (χ1n) is 12.7. The number of thioether (sulfide) groups is 1. The van der Waals surface area contributed by atoms with Gasteiger partial charge in [0.2, 0.25) is 0 Å². The molecule has 186 valence electrons. The van der Waals surface area contributed by atoms with Crippen LogP contribution in [0.2, 0.25) is 0 Å². The van der Waals surface area contributed by atoms with Crippen LogP contribution in [0.1, 0.15) is 32.1 Å². The van der Waals surface area contributed by atoms with Crippen molar-refractivity contribution < 1.29 is 4.74 Å². The normalized spacial score (nSPS) is 18.2. The van der Waals surface area contributed by atoms with Gasteiger partial charge in [0, 0.05) is 32.1 Å². The van der Waals surface area contributed by atoms with Crippen molar-refractivity contribution >= 4 is 17.4 Å². The zero-order valence-corrected chi connectivity index (χ0v) is 21.7. The number of para-hydroxylation sites is 2. The summed E-state index contributed by atoms with van der Waals surface area (Å²) in [5.41, 5.74) is 2.64. The molecule has 2 fully saturated rings. The van der Waals surface area contributed by atoms with E-state index in [1.165, 1.54) is 57.4 Å². The fraction of sp³-hybridized carbons (Fsp3) is 0.519. The molecule has 0 radical (unpaired) electrons. The number of ether oxygens (including phenoxy) is 1. The number of anilines is 1. The molecule has 0 amide bonds. The quantitative estimate of drug-likeness (QED) is 0.332. The highest BCUT2D eigenvalue weighted by Crippen LogP contribution is 2.43. The predicted molar refractivity (Wildman–Crippen MR) is 142 cm³/mol. The largest absolute Gasteiger partial charge is 0.495 e. The van der Waals surface area contributed by atoms with Crippen LogP contribution in [0.15, 0.2) is 53.8 Å². The Balaban J connectivity index is 1.04. The highest BCUT2D eigenvalue weighted by Gasteiger charge is 2.37. The first-order valence-corrected chi connectivity index (χ1v) is 13.7. The maximum absolute atomic E-state index is 5.59. The number of hydrogen-bond acceptors (Lipinski definition) is 7. The lowest BCUT2D eigenvalue weighted by atomic mass is 9.71. The highest BCUT2D eigenvalue weighted by molar-refractivity contribution is 7.99. The second-order valence-electron chi connectivity index (χ2n) is 9.78. The Morgan fingerprint density at radius 3 is 2.43 bits per heavy atom. The Morgan fingerprint density at radius 2 is 1.69 bits per heavy atom. The highest BCUT2D eigenvalue weighted by atomic mass is 32.2. The molecule has 0 bridgehead atoms. The van der Waals surface area contributed by atoms with E-state index in [4.69, 9.17) is 4.74 Å². The molecular weight excluding hydrogens is 456 g/mol. The van der Waals surface area contributed by atoms with E-state index in [1.54, 1.807) is 25.1 Å². The van der Waals surface area contributed by atoms with Gasteiger partial charge in [0.15, 0.2) is 11.0 Å². The number of piperidine rings is 2. The number of methoxy groups -OCH3 is 1. The average Bonchev–Trinajstić information content (AvgIpc) is 3.28. The van der Waals surface area contributed by atoms with Gasteiger partial charge in [-0.05, 0) is 81.4 Å². The first kappa shape index (κ1) is 24.1. The van der Waals surface area contributed by atoms with Gasteiger partial charge in [-0.3, -0.25) is 4.98 Å². The van der Waals surface area contributed by atoms with Crippen LogP contribution in [0.25, 0.3) is 11.5 Å². The lowest BCUT2D eigenvalue weighted by Crippen LogP contribution is -2.47. The van der Waals surface area contributed by atoms with Crippen molar-refractivity contribution in [3.05, 3.63) is 48.7 Å². The topological polar surface area (TPSA) is 59.3 Å². The van der Waals surface area contributed by atoms with E-state index in [2.05, 4.69) is 53.8 Å². The minimum absolute atomic E-state index is 0.532. The number of pyridine rings is 1. The summed E-state index contributed by atoms with van der Waals surface area (Å²) in [7, 11) is 3.79. The Morgan fingerprint density at radius 1 is 0.943 bits per heavy atom. The van der Waals surface area contributed by atoms with Crippen molar-refractivity contribution in [3.8, 4) is 17.3 Å². The smallest absolute Gasteiger partial charge is 0.191 e. The van der Waals surface area contributed by atoms with E-state index in [0.29, 0.717) is 5.41 Å². The molecule has 0 aliphatic carbocycles. The van der Waals surface area contributed by atoms with Crippen LogP contribution in [-0.4, -0.2) is 70.2 Å². The molecule has 2 aromatic heterocycles. The SMILES string of the molecule is COc1ccccc1N1CCC2(CCN(CCCSc3nnc(-c4ccccn4)n3C)CC2)CC1. The molecule has 2 saturated heterocycles. The van der Waals surface area contributed by atoms with Crippen LogP contribution in [0.4, 0.5) is 5.69 Å². The molecule has 5 rings (SSSR count). The molecule has 1 spiro atoms. The van der Waals surface area contributed by atoms with Gasteiger partial charge in [0.25, 0.3) is 0 Å². The van der Waals surface area contributed by atoms with Crippen LogP contribution in [0.5, 0.6) is 5.75 Å². The molecular formula is C27H36N6OS. The van der Waals surface area contributed by atoms with E-state index in [1.807, 2.05) is 25.2 Å². The zero-order valence-electron chi connectivity index (χ0n) is 20.9. The van der Waals surface area contributed by atoms with Crippen LogP contribution in [0, 0.1) is 5.41 Å². The van der Waals surface area contributed by atoms with Crippen molar-refractivity contribution in [2.75, 3.05) is 50.5 Å². The minimum atomic E-state index is 0.532. The maximum atomic E-state index is 5.59. The Bertz CT molecular complexity index is 1090. The van der Waals surface area contributed by atoms with Gasteiger partial charge in [0.05, 0.1) is 12.8 Å². The summed E-state index contributed by atoms with van der Waals surface area (Å²) in [6.45, 7) is 5.89. The molecule has 35 heavy (non-hydrogen) atoms. The number of nitrogens with zero attached hydrogens (tertiary/aromatic N) is 6. The number of aromatic nitrogens is 4. The van der Waals surface area contributed by atoms with E-state index >= 15 is 0 Å². The van der Waals surface area contributed by atoms with Gasteiger partial charge < -0.3 is 19.1 Å². The van der Waals surface area contributed by atoms with E-state index in [-0.39, 0.29) is 0 Å². The summed E-state index contributed by atoms with van der Waals surface area (Å²) in [6, 6.07) is 14.3. The molecule has 0 saturated carbocycles. The second-order valence-corrected chi connectivity index (χ2v) is 10.8. The molecule has 2 aliphatic rings. The zero-order chi connectivity index (χ0) is 24.1. The fourth-order valence-corrected chi connectivity index (χ4v) is 6.31. The van der Waals surface area contributed by atoms with Crippen LogP contribution >= 0.6 is 11.8 Å². The van der Waals surface area contributed by atoms with Gasteiger partial charge >= 0.3 is 0 Å². The standard InChI is InChI=1S/C27H36N6OS/c1-31-25(22-8-5-6-15-28-22)29-30-26(31)35-21-7-16-32-17-11-27(12-18-32)13-19-33(20-14-27)23-9-3-4-10-24(23)34-2/h3-6,8-10,15H,7,11-14,16-21H2,1-2H3. The van der Waals surface area contributed by atoms with Crippen molar-refractivity contribution in [1.29, 1.82) is 0 Å². The fourth-order valence-electron chi connectivity index (χ4n) is 5.47. The molecule has 8 heteroatoms. The third-order valence-corrected chi connectivity index (χ3v) is 8.85. The molecule has 4 heterocycles. The van der Waals surface area contributed by atoms with Gasteiger partial charge in [-0.25, -0.2) is 0 Å². The summed E-state index contributed by atoms with van der Waals surface area (Å²) in [5, 5.41) is 9.69. The van der Waals surface area contributed by atoms with E-state index in [9.17, 15) is 0 Å². The summed E-state index contributed by atoms with van der Waals surface area (Å²) in [6.07, 6.45) is 8.21. The number of likely N-dealkylation sites (tertiary alicyclic amines) is 1. The summed E-state index contributed by atoms with van der Waals surface area (Å²) in [5.74, 6) is 2.88. The van der Waals surface area contributed by atoms with Crippen LogP contribution in [0.3, 0.4) is 0 Å². The number of benzene rings is 1. The van der Waals surface area contributed by atoms with Gasteiger partial charge in [-0.15, -0.1) is 10.2 Å². The lowest BCUT2D eigenvalue weighted by Gasteiger charge is -2.47. The Labute approximate surface area is 212 Å². The van der Waals surface area contributed by atoms with Gasteiger partial charge in [-0.2, -0.15) is 0 Å². The van der Waals surface area contributed by atoms with Crippen molar-refractivity contribution in [2.24, 2.45) is 12.5 Å². The third kappa shape index (κ3) is 5.48. The molecule has 1 aromatic carbocycles. The molecule has 0 unspecified atom stereocenters. The maximum Gasteiger partial charge on any atom is 0.191 e. The van der Waals surface area contributed by atoms with E-state index in [0.717, 1.165) is 41.3 Å². The number of hydrogen-bond donors (Lipinski definition) is 0. The average molecular weight is 493 g/mol. The second kappa shape index (κ2) is 11.0. The first-order chi connectivity index (χ1) is 17.2. The summed E-state index contributed by atoms with van der Waals surface area (Å²) >= 11 is 1.79. The molecule has 7 nitrogen and oxygen atoms in total. The number of rotatable bonds is 8.